The molecule has 0 spiro atoms. The van der Waals surface area contributed by atoms with Crippen LogP contribution in [0.2, 0.25) is 0 Å². The van der Waals surface area contributed by atoms with E-state index in [1.807, 2.05) is 6.08 Å². The second kappa shape index (κ2) is 8.74. The van der Waals surface area contributed by atoms with Crippen LogP contribution in [0.3, 0.4) is 0 Å². The summed E-state index contributed by atoms with van der Waals surface area (Å²) in [5.41, 5.74) is 0. The van der Waals surface area contributed by atoms with Crippen molar-refractivity contribution in [3.8, 4) is 0 Å². The zero-order chi connectivity index (χ0) is 7.66. The van der Waals surface area contributed by atoms with Crippen LogP contribution in [-0.4, -0.2) is 0 Å². The zero-order valence-electron chi connectivity index (χ0n) is 6.97. The molecule has 0 fully saturated rings. The summed E-state index contributed by atoms with van der Waals surface area (Å²) in [4.78, 5) is 0. The summed E-state index contributed by atoms with van der Waals surface area (Å²) in [5.74, 6) is 0. The minimum Gasteiger partial charge on any atom is -0.0885 e. The number of allylic oxidation sites excluding steroid dienone is 2. The number of hydrogen-bond acceptors (Lipinski definition) is 0. The van der Waals surface area contributed by atoms with Crippen molar-refractivity contribution in [1.82, 2.24) is 0 Å². The van der Waals surface area contributed by atoms with Gasteiger partial charge in [-0.25, -0.2) is 0 Å². The maximum atomic E-state index is 3.63. The highest BCUT2D eigenvalue weighted by molar-refractivity contribution is 4.83. The Hall–Kier alpha value is -0.260. The lowest BCUT2D eigenvalue weighted by Crippen LogP contribution is -1.75. The Balaban J connectivity index is 2.77. The third-order valence-corrected chi connectivity index (χ3v) is 1.53. The fourth-order valence-electron chi connectivity index (χ4n) is 0.905. The highest BCUT2D eigenvalue weighted by atomic mass is 13.9. The van der Waals surface area contributed by atoms with E-state index >= 15 is 0 Å². The number of rotatable bonds is 6. The Bertz CT molecular complexity index is 72.1. The van der Waals surface area contributed by atoms with Gasteiger partial charge in [-0.05, 0) is 26.2 Å². The summed E-state index contributed by atoms with van der Waals surface area (Å²) in [7, 11) is 0. The molecule has 2 radical (unpaired) electrons. The van der Waals surface area contributed by atoms with Crippen molar-refractivity contribution < 1.29 is 0 Å². The van der Waals surface area contributed by atoms with E-state index < -0.39 is 0 Å². The summed E-state index contributed by atoms with van der Waals surface area (Å²) in [5, 5.41) is 0. The largest absolute Gasteiger partial charge is 0.0885 e. The van der Waals surface area contributed by atoms with Gasteiger partial charge in [-0.1, -0.05) is 38.3 Å². The van der Waals surface area contributed by atoms with E-state index in [2.05, 4.69) is 26.3 Å². The van der Waals surface area contributed by atoms with Crippen molar-refractivity contribution in [3.63, 3.8) is 0 Å². The zero-order valence-corrected chi connectivity index (χ0v) is 6.97. The predicted molar refractivity (Wildman–Crippen MR) is 47.6 cm³/mol. The SMILES string of the molecule is [CH2]C=CCCCCC[CH]C. The van der Waals surface area contributed by atoms with Crippen molar-refractivity contribution in [2.24, 2.45) is 0 Å². The van der Waals surface area contributed by atoms with Gasteiger partial charge in [0.25, 0.3) is 0 Å². The van der Waals surface area contributed by atoms with Gasteiger partial charge in [0.1, 0.15) is 0 Å². The first-order valence-corrected chi connectivity index (χ1v) is 4.14. The number of unbranched alkanes of at least 4 members (excludes halogenated alkanes) is 5. The second-order valence-corrected chi connectivity index (χ2v) is 2.52. The van der Waals surface area contributed by atoms with E-state index in [1.54, 1.807) is 0 Å². The first kappa shape index (κ1) is 9.74. The van der Waals surface area contributed by atoms with Gasteiger partial charge in [0, 0.05) is 0 Å². The fourth-order valence-corrected chi connectivity index (χ4v) is 0.905. The number of hydrogen-bond donors (Lipinski definition) is 0. The van der Waals surface area contributed by atoms with Gasteiger partial charge < -0.3 is 0 Å². The third-order valence-electron chi connectivity index (χ3n) is 1.53. The minimum atomic E-state index is 1.20. The topological polar surface area (TPSA) is 0 Å². The first-order valence-electron chi connectivity index (χ1n) is 4.14. The maximum Gasteiger partial charge on any atom is -0.0316 e. The smallest absolute Gasteiger partial charge is 0.0316 e. The van der Waals surface area contributed by atoms with E-state index in [4.69, 9.17) is 0 Å². The minimum absolute atomic E-state index is 1.20. The van der Waals surface area contributed by atoms with Crippen LogP contribution in [0, 0.1) is 13.3 Å². The van der Waals surface area contributed by atoms with Gasteiger partial charge in [-0.2, -0.15) is 0 Å². The standard InChI is InChI=1S/C10H18/c1-3-5-7-9-10-8-6-4-2/h3-5H,1,6-10H2,2H3. The predicted octanol–water partition coefficient (Wildman–Crippen LogP) is 3.55. The van der Waals surface area contributed by atoms with Crippen LogP contribution >= 0.6 is 0 Å². The van der Waals surface area contributed by atoms with Crippen LogP contribution < -0.4 is 0 Å². The van der Waals surface area contributed by atoms with Crippen molar-refractivity contribution in [3.05, 3.63) is 25.5 Å². The Labute approximate surface area is 65.3 Å². The van der Waals surface area contributed by atoms with Gasteiger partial charge in [-0.15, -0.1) is 0 Å². The molecular formula is C10H18. The molecule has 0 bridgehead atoms. The molecule has 0 saturated carbocycles. The molecule has 0 nitrogen and oxygen atoms in total. The molecule has 10 heavy (non-hydrogen) atoms. The van der Waals surface area contributed by atoms with Gasteiger partial charge in [-0.3, -0.25) is 0 Å². The van der Waals surface area contributed by atoms with Crippen LogP contribution in [0.25, 0.3) is 0 Å². The Morgan fingerprint density at radius 2 is 1.80 bits per heavy atom. The normalized spacial score (nSPS) is 11.0. The van der Waals surface area contributed by atoms with Gasteiger partial charge in [0.05, 0.1) is 0 Å². The van der Waals surface area contributed by atoms with Crippen LogP contribution in [0.15, 0.2) is 12.2 Å². The van der Waals surface area contributed by atoms with E-state index in [0.29, 0.717) is 0 Å². The molecule has 0 rings (SSSR count). The molecule has 58 valence electrons. The highest BCUT2D eigenvalue weighted by Gasteiger charge is 1.85. The van der Waals surface area contributed by atoms with E-state index in [-0.39, 0.29) is 0 Å². The van der Waals surface area contributed by atoms with Gasteiger partial charge >= 0.3 is 0 Å². The molecule has 0 aliphatic carbocycles. The molecule has 0 N–H and O–H groups in total. The van der Waals surface area contributed by atoms with Crippen LogP contribution in [0.5, 0.6) is 0 Å². The van der Waals surface area contributed by atoms with E-state index in [0.717, 1.165) is 0 Å². The summed E-state index contributed by atoms with van der Waals surface area (Å²) in [6, 6.07) is 0. The molecule has 0 heteroatoms. The average molecular weight is 138 g/mol. The monoisotopic (exact) mass is 138 g/mol. The lowest BCUT2D eigenvalue weighted by atomic mass is 10.1. The highest BCUT2D eigenvalue weighted by Crippen LogP contribution is 2.04. The Morgan fingerprint density at radius 3 is 2.40 bits per heavy atom. The molecule has 0 aromatic rings. The molecule has 0 amide bonds. The van der Waals surface area contributed by atoms with Crippen molar-refractivity contribution in [1.29, 1.82) is 0 Å². The molecule has 0 saturated heterocycles. The van der Waals surface area contributed by atoms with E-state index in [9.17, 15) is 0 Å². The molecule has 0 heterocycles. The van der Waals surface area contributed by atoms with Crippen molar-refractivity contribution in [2.75, 3.05) is 0 Å². The molecule has 0 aliphatic rings. The van der Waals surface area contributed by atoms with Crippen LogP contribution in [0.1, 0.15) is 39.0 Å². The lowest BCUT2D eigenvalue weighted by Gasteiger charge is -1.94. The van der Waals surface area contributed by atoms with Gasteiger partial charge in [0.2, 0.25) is 0 Å². The summed E-state index contributed by atoms with van der Waals surface area (Å²) < 4.78 is 0. The summed E-state index contributed by atoms with van der Waals surface area (Å²) in [6.07, 6.45) is 12.7. The van der Waals surface area contributed by atoms with Crippen LogP contribution in [-0.2, 0) is 0 Å². The molecule has 0 aliphatic heterocycles. The average Bonchev–Trinajstić information content (AvgIpc) is 1.97. The summed E-state index contributed by atoms with van der Waals surface area (Å²) >= 11 is 0. The second-order valence-electron chi connectivity index (χ2n) is 2.52. The molecule has 0 atom stereocenters. The first-order chi connectivity index (χ1) is 4.91. The van der Waals surface area contributed by atoms with Crippen molar-refractivity contribution >= 4 is 0 Å². The molecular weight excluding hydrogens is 120 g/mol. The summed E-state index contributed by atoms with van der Waals surface area (Å²) in [6.45, 7) is 5.75. The van der Waals surface area contributed by atoms with Crippen LogP contribution in [0.4, 0.5) is 0 Å². The molecule has 0 aromatic carbocycles. The van der Waals surface area contributed by atoms with Crippen molar-refractivity contribution in [2.45, 2.75) is 39.0 Å². The molecule has 0 unspecified atom stereocenters. The Morgan fingerprint density at radius 1 is 1.10 bits per heavy atom. The fraction of sp³-hybridized carbons (Fsp3) is 0.600. The van der Waals surface area contributed by atoms with E-state index in [1.165, 1.54) is 32.1 Å². The third kappa shape index (κ3) is 7.74. The van der Waals surface area contributed by atoms with Gasteiger partial charge in [0.15, 0.2) is 0 Å². The lowest BCUT2D eigenvalue weighted by molar-refractivity contribution is 0.682. The molecule has 0 aromatic heterocycles. The Kier molecular flexibility index (Phi) is 8.51. The maximum absolute atomic E-state index is 3.63. The quantitative estimate of drug-likeness (QED) is 0.492.